The molecule has 0 amide bonds. The van der Waals surface area contributed by atoms with E-state index in [1.807, 2.05) is 36.4 Å². The topological polar surface area (TPSA) is 43.6 Å². The maximum atomic E-state index is 5.16. The molecule has 4 heteroatoms. The highest BCUT2D eigenvalue weighted by atomic mass is 15.2. The van der Waals surface area contributed by atoms with Crippen molar-refractivity contribution in [3.63, 3.8) is 0 Å². The van der Waals surface area contributed by atoms with Crippen LogP contribution in [-0.2, 0) is 5.41 Å². The van der Waals surface area contributed by atoms with Crippen molar-refractivity contribution in [3.05, 3.63) is 150 Å². The van der Waals surface area contributed by atoms with E-state index in [4.69, 9.17) is 15.0 Å². The number of hydrogen-bond acceptors (Lipinski definition) is 3. The van der Waals surface area contributed by atoms with E-state index in [2.05, 4.69) is 116 Å². The van der Waals surface area contributed by atoms with Crippen LogP contribution in [0.3, 0.4) is 0 Å². The van der Waals surface area contributed by atoms with Gasteiger partial charge in [0.2, 0.25) is 5.95 Å². The molecule has 2 aliphatic rings. The van der Waals surface area contributed by atoms with E-state index in [9.17, 15) is 0 Å². The normalized spacial score (nSPS) is 14.6. The Morgan fingerprint density at radius 2 is 1.24 bits per heavy atom. The Labute approximate surface area is 262 Å². The quantitative estimate of drug-likeness (QED) is 0.209. The van der Waals surface area contributed by atoms with E-state index in [-0.39, 0.29) is 5.41 Å². The third kappa shape index (κ3) is 3.95. The molecule has 4 nitrogen and oxygen atoms in total. The lowest BCUT2D eigenvalue weighted by Crippen LogP contribution is -2.15. The van der Waals surface area contributed by atoms with Crippen LogP contribution in [0.15, 0.2) is 133 Å². The zero-order chi connectivity index (χ0) is 30.1. The van der Waals surface area contributed by atoms with Gasteiger partial charge in [0.25, 0.3) is 0 Å². The molecule has 214 valence electrons. The molecule has 0 atom stereocenters. The van der Waals surface area contributed by atoms with E-state index < -0.39 is 0 Å². The van der Waals surface area contributed by atoms with E-state index in [1.165, 1.54) is 44.2 Å². The Hall–Kier alpha value is -5.61. The molecule has 0 aliphatic heterocycles. The third-order valence-corrected chi connectivity index (χ3v) is 9.50. The zero-order valence-corrected chi connectivity index (χ0v) is 25.2. The molecule has 0 spiro atoms. The SMILES string of the molecule is CC1(C)c2ccccc2-c2cc3c4cc(C5=CC=CC5)ccc4n(-c4nc(-c5ccccc5)nc(-c5ccccc5)n4)c3cc21. The van der Waals surface area contributed by atoms with Gasteiger partial charge in [-0.15, -0.1) is 0 Å². The summed E-state index contributed by atoms with van der Waals surface area (Å²) < 4.78 is 2.25. The monoisotopic (exact) mass is 578 g/mol. The second-order valence-electron chi connectivity index (χ2n) is 12.5. The summed E-state index contributed by atoms with van der Waals surface area (Å²) in [5, 5.41) is 2.40. The number of allylic oxidation sites excluding steroid dienone is 4. The van der Waals surface area contributed by atoms with Crippen molar-refractivity contribution in [1.82, 2.24) is 19.5 Å². The molecule has 7 aromatic rings. The highest BCUT2D eigenvalue weighted by Crippen LogP contribution is 2.51. The van der Waals surface area contributed by atoms with Gasteiger partial charge in [-0.05, 0) is 64.1 Å². The molecule has 45 heavy (non-hydrogen) atoms. The number of nitrogens with zero attached hydrogens (tertiary/aromatic N) is 4. The fourth-order valence-electron chi connectivity index (χ4n) is 7.19. The summed E-state index contributed by atoms with van der Waals surface area (Å²) in [6.45, 7) is 4.66. The summed E-state index contributed by atoms with van der Waals surface area (Å²) in [5.74, 6) is 1.93. The summed E-state index contributed by atoms with van der Waals surface area (Å²) in [7, 11) is 0. The molecule has 0 bridgehead atoms. The second kappa shape index (κ2) is 9.70. The van der Waals surface area contributed by atoms with Crippen LogP contribution < -0.4 is 0 Å². The second-order valence-corrected chi connectivity index (χ2v) is 12.5. The first-order chi connectivity index (χ1) is 22.1. The third-order valence-electron chi connectivity index (χ3n) is 9.50. The molecule has 0 unspecified atom stereocenters. The molecule has 2 aromatic heterocycles. The van der Waals surface area contributed by atoms with Crippen LogP contribution in [0, 0.1) is 0 Å². The smallest absolute Gasteiger partial charge is 0.238 e. The summed E-state index contributed by atoms with van der Waals surface area (Å²) in [5.41, 5.74) is 11.9. The minimum atomic E-state index is -0.129. The minimum absolute atomic E-state index is 0.129. The maximum absolute atomic E-state index is 5.16. The maximum Gasteiger partial charge on any atom is 0.238 e. The van der Waals surface area contributed by atoms with Crippen molar-refractivity contribution in [1.29, 1.82) is 0 Å². The van der Waals surface area contributed by atoms with Gasteiger partial charge in [0, 0.05) is 27.3 Å². The molecule has 0 N–H and O–H groups in total. The molecule has 0 radical (unpaired) electrons. The Morgan fingerprint density at radius 3 is 1.93 bits per heavy atom. The van der Waals surface area contributed by atoms with Gasteiger partial charge >= 0.3 is 0 Å². The van der Waals surface area contributed by atoms with Crippen molar-refractivity contribution in [3.8, 4) is 39.9 Å². The predicted octanol–water partition coefficient (Wildman–Crippen LogP) is 9.95. The van der Waals surface area contributed by atoms with Gasteiger partial charge in [0.15, 0.2) is 11.6 Å². The average Bonchev–Trinajstić information content (AvgIpc) is 3.79. The predicted molar refractivity (Wildman–Crippen MR) is 184 cm³/mol. The first kappa shape index (κ1) is 25.8. The summed E-state index contributed by atoms with van der Waals surface area (Å²) in [6, 6.07) is 40.8. The van der Waals surface area contributed by atoms with Gasteiger partial charge in [0.1, 0.15) is 0 Å². The molecular formula is C41H30N4. The lowest BCUT2D eigenvalue weighted by molar-refractivity contribution is 0.661. The largest absolute Gasteiger partial charge is 0.278 e. The molecule has 0 saturated heterocycles. The molecule has 0 fully saturated rings. The Morgan fingerprint density at radius 1 is 0.578 bits per heavy atom. The van der Waals surface area contributed by atoms with E-state index >= 15 is 0 Å². The van der Waals surface area contributed by atoms with E-state index in [0.717, 1.165) is 28.6 Å². The zero-order valence-electron chi connectivity index (χ0n) is 25.2. The van der Waals surface area contributed by atoms with Crippen molar-refractivity contribution in [2.45, 2.75) is 25.7 Å². The van der Waals surface area contributed by atoms with Crippen LogP contribution in [0.4, 0.5) is 0 Å². The average molecular weight is 579 g/mol. The Kier molecular flexibility index (Phi) is 5.57. The molecule has 2 heterocycles. The van der Waals surface area contributed by atoms with Crippen molar-refractivity contribution in [2.24, 2.45) is 0 Å². The lowest BCUT2D eigenvalue weighted by Gasteiger charge is -2.21. The van der Waals surface area contributed by atoms with Crippen LogP contribution in [0.5, 0.6) is 0 Å². The minimum Gasteiger partial charge on any atom is -0.278 e. The lowest BCUT2D eigenvalue weighted by atomic mass is 9.82. The molecule has 5 aromatic carbocycles. The first-order valence-electron chi connectivity index (χ1n) is 15.5. The van der Waals surface area contributed by atoms with Gasteiger partial charge in [-0.25, -0.2) is 4.98 Å². The van der Waals surface area contributed by atoms with E-state index in [0.29, 0.717) is 17.6 Å². The first-order valence-corrected chi connectivity index (χ1v) is 15.5. The number of aromatic nitrogens is 4. The van der Waals surface area contributed by atoms with Crippen molar-refractivity contribution >= 4 is 27.4 Å². The highest BCUT2D eigenvalue weighted by Gasteiger charge is 2.36. The van der Waals surface area contributed by atoms with Gasteiger partial charge in [-0.2, -0.15) is 9.97 Å². The van der Waals surface area contributed by atoms with Crippen LogP contribution in [0.25, 0.3) is 67.2 Å². The number of benzene rings is 5. The number of rotatable bonds is 4. The van der Waals surface area contributed by atoms with Crippen LogP contribution in [0.2, 0.25) is 0 Å². The van der Waals surface area contributed by atoms with Crippen molar-refractivity contribution < 1.29 is 0 Å². The Bertz CT molecular complexity index is 2300. The standard InChI is InChI=1S/C41H30N4/c1-41(2)34-20-12-11-19-30(34)31-24-33-32-23-29(26-13-9-10-14-26)21-22-36(32)45(37(33)25-35(31)41)40-43-38(27-15-5-3-6-16-27)42-39(44-40)28-17-7-4-8-18-28/h3-13,15-25H,14H2,1-2H3. The fourth-order valence-corrected chi connectivity index (χ4v) is 7.19. The Balaban J connectivity index is 1.38. The molecule has 0 saturated carbocycles. The van der Waals surface area contributed by atoms with Crippen LogP contribution >= 0.6 is 0 Å². The fraction of sp³-hybridized carbons (Fsp3) is 0.0976. The van der Waals surface area contributed by atoms with Gasteiger partial charge in [-0.3, -0.25) is 4.57 Å². The summed E-state index contributed by atoms with van der Waals surface area (Å²) in [4.78, 5) is 15.3. The summed E-state index contributed by atoms with van der Waals surface area (Å²) >= 11 is 0. The molecule has 2 aliphatic carbocycles. The van der Waals surface area contributed by atoms with Crippen molar-refractivity contribution in [2.75, 3.05) is 0 Å². The molecule has 9 rings (SSSR count). The molecular weight excluding hydrogens is 548 g/mol. The number of fused-ring (bicyclic) bond motifs is 6. The highest BCUT2D eigenvalue weighted by molar-refractivity contribution is 6.12. The van der Waals surface area contributed by atoms with Crippen LogP contribution in [-0.4, -0.2) is 19.5 Å². The van der Waals surface area contributed by atoms with E-state index in [1.54, 1.807) is 0 Å². The number of hydrogen-bond donors (Lipinski definition) is 0. The van der Waals surface area contributed by atoms with Crippen LogP contribution in [0.1, 0.15) is 37.0 Å². The summed E-state index contributed by atoms with van der Waals surface area (Å²) in [6.07, 6.45) is 7.54. The van der Waals surface area contributed by atoms with Gasteiger partial charge in [-0.1, -0.05) is 123 Å². The van der Waals surface area contributed by atoms with Gasteiger partial charge in [0.05, 0.1) is 11.0 Å². The van der Waals surface area contributed by atoms with Gasteiger partial charge < -0.3 is 0 Å².